The SMILES string of the molecule is CCc1cccc(NC(=O)c2occc2COc2ccccc2)c1. The van der Waals surface area contributed by atoms with Gasteiger partial charge in [0.1, 0.15) is 12.4 Å². The molecule has 122 valence electrons. The third kappa shape index (κ3) is 3.84. The lowest BCUT2D eigenvalue weighted by Crippen LogP contribution is -2.13. The molecule has 0 unspecified atom stereocenters. The van der Waals surface area contributed by atoms with Crippen LogP contribution in [-0.2, 0) is 13.0 Å². The molecule has 2 aromatic carbocycles. The van der Waals surface area contributed by atoms with Crippen LogP contribution in [0.5, 0.6) is 5.75 Å². The van der Waals surface area contributed by atoms with Crippen molar-refractivity contribution < 1.29 is 13.9 Å². The van der Waals surface area contributed by atoms with Crippen LogP contribution in [0.4, 0.5) is 5.69 Å². The molecule has 0 bridgehead atoms. The summed E-state index contributed by atoms with van der Waals surface area (Å²) in [6.07, 6.45) is 2.42. The molecule has 0 radical (unpaired) electrons. The van der Waals surface area contributed by atoms with Gasteiger partial charge in [-0.2, -0.15) is 0 Å². The molecule has 0 aliphatic rings. The summed E-state index contributed by atoms with van der Waals surface area (Å²) in [5.41, 5.74) is 2.63. The predicted octanol–water partition coefficient (Wildman–Crippen LogP) is 4.67. The zero-order chi connectivity index (χ0) is 16.8. The van der Waals surface area contributed by atoms with Gasteiger partial charge in [-0.15, -0.1) is 0 Å². The van der Waals surface area contributed by atoms with E-state index in [-0.39, 0.29) is 18.3 Å². The lowest BCUT2D eigenvalue weighted by molar-refractivity contribution is 0.0993. The first-order valence-corrected chi connectivity index (χ1v) is 7.91. The minimum Gasteiger partial charge on any atom is -0.489 e. The molecule has 4 heteroatoms. The summed E-state index contributed by atoms with van der Waals surface area (Å²) in [6, 6.07) is 19.0. The number of hydrogen-bond acceptors (Lipinski definition) is 3. The van der Waals surface area contributed by atoms with Crippen molar-refractivity contribution in [1.82, 2.24) is 0 Å². The van der Waals surface area contributed by atoms with Crippen LogP contribution < -0.4 is 10.1 Å². The third-order valence-electron chi connectivity index (χ3n) is 3.68. The minimum absolute atomic E-state index is 0.271. The van der Waals surface area contributed by atoms with Gasteiger partial charge in [0, 0.05) is 11.3 Å². The number of ether oxygens (including phenoxy) is 1. The highest BCUT2D eigenvalue weighted by atomic mass is 16.5. The Morgan fingerprint density at radius 1 is 1.08 bits per heavy atom. The largest absolute Gasteiger partial charge is 0.489 e. The van der Waals surface area contributed by atoms with E-state index in [0.29, 0.717) is 5.56 Å². The van der Waals surface area contributed by atoms with Crippen LogP contribution in [0.2, 0.25) is 0 Å². The van der Waals surface area contributed by atoms with Gasteiger partial charge in [0.05, 0.1) is 6.26 Å². The van der Waals surface area contributed by atoms with E-state index in [4.69, 9.17) is 9.15 Å². The zero-order valence-electron chi connectivity index (χ0n) is 13.5. The fraction of sp³-hybridized carbons (Fsp3) is 0.150. The molecule has 0 atom stereocenters. The fourth-order valence-corrected chi connectivity index (χ4v) is 2.38. The summed E-state index contributed by atoms with van der Waals surface area (Å²) < 4.78 is 11.0. The average Bonchev–Trinajstić information content (AvgIpc) is 3.10. The highest BCUT2D eigenvalue weighted by Gasteiger charge is 2.16. The number of carbonyl (C=O) groups excluding carboxylic acids is 1. The molecule has 3 rings (SSSR count). The average molecular weight is 321 g/mol. The number of amides is 1. The maximum Gasteiger partial charge on any atom is 0.291 e. The van der Waals surface area contributed by atoms with Gasteiger partial charge in [-0.05, 0) is 42.3 Å². The van der Waals surface area contributed by atoms with E-state index in [1.54, 1.807) is 6.07 Å². The summed E-state index contributed by atoms with van der Waals surface area (Å²) in [6.45, 7) is 2.35. The van der Waals surface area contributed by atoms with Crippen LogP contribution >= 0.6 is 0 Å². The maximum absolute atomic E-state index is 12.4. The van der Waals surface area contributed by atoms with E-state index in [1.165, 1.54) is 11.8 Å². The molecule has 0 aliphatic heterocycles. The second-order valence-electron chi connectivity index (χ2n) is 5.38. The standard InChI is InChI=1S/C20H19NO3/c1-2-15-7-6-8-17(13-15)21-20(22)19-16(11-12-23-19)14-24-18-9-4-3-5-10-18/h3-13H,2,14H2,1H3,(H,21,22). The van der Waals surface area contributed by atoms with Crippen molar-refractivity contribution >= 4 is 11.6 Å². The van der Waals surface area contributed by atoms with Crippen LogP contribution in [-0.4, -0.2) is 5.91 Å². The van der Waals surface area contributed by atoms with Crippen molar-refractivity contribution in [3.63, 3.8) is 0 Å². The molecule has 24 heavy (non-hydrogen) atoms. The first-order chi connectivity index (χ1) is 11.8. The zero-order valence-corrected chi connectivity index (χ0v) is 13.5. The monoisotopic (exact) mass is 321 g/mol. The number of aryl methyl sites for hydroxylation is 1. The number of benzene rings is 2. The van der Waals surface area contributed by atoms with Crippen LogP contribution in [0, 0.1) is 0 Å². The van der Waals surface area contributed by atoms with Crippen molar-refractivity contribution in [2.24, 2.45) is 0 Å². The molecule has 3 aromatic rings. The molecular formula is C20H19NO3. The van der Waals surface area contributed by atoms with Gasteiger partial charge in [-0.25, -0.2) is 0 Å². The summed E-state index contributed by atoms with van der Waals surface area (Å²) >= 11 is 0. The Balaban J connectivity index is 1.68. The second-order valence-corrected chi connectivity index (χ2v) is 5.38. The van der Waals surface area contributed by atoms with Crippen molar-refractivity contribution in [3.8, 4) is 5.75 Å². The minimum atomic E-state index is -0.278. The van der Waals surface area contributed by atoms with Gasteiger partial charge < -0.3 is 14.5 Å². The predicted molar refractivity (Wildman–Crippen MR) is 93.3 cm³/mol. The van der Waals surface area contributed by atoms with Crippen LogP contribution in [0.3, 0.4) is 0 Å². The third-order valence-corrected chi connectivity index (χ3v) is 3.68. The topological polar surface area (TPSA) is 51.5 Å². The van der Waals surface area contributed by atoms with E-state index in [2.05, 4.69) is 12.2 Å². The van der Waals surface area contributed by atoms with Crippen molar-refractivity contribution in [2.75, 3.05) is 5.32 Å². The van der Waals surface area contributed by atoms with Crippen LogP contribution in [0.1, 0.15) is 28.6 Å². The maximum atomic E-state index is 12.4. The Kier molecular flexibility index (Phi) is 4.96. The number of hydrogen-bond donors (Lipinski definition) is 1. The number of furan rings is 1. The normalized spacial score (nSPS) is 10.4. The van der Waals surface area contributed by atoms with E-state index in [9.17, 15) is 4.79 Å². The second kappa shape index (κ2) is 7.51. The Hall–Kier alpha value is -3.01. The summed E-state index contributed by atoms with van der Waals surface area (Å²) in [4.78, 5) is 12.4. The van der Waals surface area contributed by atoms with Crippen molar-refractivity contribution in [2.45, 2.75) is 20.0 Å². The highest BCUT2D eigenvalue weighted by molar-refractivity contribution is 6.03. The molecule has 1 heterocycles. The van der Waals surface area contributed by atoms with Gasteiger partial charge in [0.2, 0.25) is 0 Å². The number of para-hydroxylation sites is 1. The molecule has 1 N–H and O–H groups in total. The molecule has 0 saturated carbocycles. The molecule has 4 nitrogen and oxygen atoms in total. The van der Waals surface area contributed by atoms with Crippen molar-refractivity contribution in [3.05, 3.63) is 83.8 Å². The van der Waals surface area contributed by atoms with E-state index < -0.39 is 0 Å². The Bertz CT molecular complexity index is 809. The Morgan fingerprint density at radius 2 is 1.92 bits per heavy atom. The van der Waals surface area contributed by atoms with Crippen molar-refractivity contribution in [1.29, 1.82) is 0 Å². The quantitative estimate of drug-likeness (QED) is 0.717. The lowest BCUT2D eigenvalue weighted by atomic mass is 10.1. The van der Waals surface area contributed by atoms with Crippen LogP contribution in [0.25, 0.3) is 0 Å². The number of nitrogens with one attached hydrogen (secondary N) is 1. The number of rotatable bonds is 6. The van der Waals surface area contributed by atoms with Gasteiger partial charge in [0.15, 0.2) is 5.76 Å². The molecule has 0 saturated heterocycles. The molecule has 1 amide bonds. The number of anilines is 1. The molecule has 0 aliphatic carbocycles. The first-order valence-electron chi connectivity index (χ1n) is 7.91. The van der Waals surface area contributed by atoms with Gasteiger partial charge in [-0.1, -0.05) is 37.3 Å². The molecule has 0 spiro atoms. The Labute approximate surface area is 141 Å². The molecular weight excluding hydrogens is 302 g/mol. The smallest absolute Gasteiger partial charge is 0.291 e. The molecule has 0 fully saturated rings. The van der Waals surface area contributed by atoms with E-state index in [1.807, 2.05) is 54.6 Å². The van der Waals surface area contributed by atoms with Gasteiger partial charge >= 0.3 is 0 Å². The lowest BCUT2D eigenvalue weighted by Gasteiger charge is -2.08. The Morgan fingerprint density at radius 3 is 2.71 bits per heavy atom. The summed E-state index contributed by atoms with van der Waals surface area (Å²) in [7, 11) is 0. The van der Waals surface area contributed by atoms with Gasteiger partial charge in [-0.3, -0.25) is 4.79 Å². The van der Waals surface area contributed by atoms with Crippen LogP contribution in [0.15, 0.2) is 71.3 Å². The summed E-state index contributed by atoms with van der Waals surface area (Å²) in [5, 5.41) is 2.87. The van der Waals surface area contributed by atoms with Gasteiger partial charge in [0.25, 0.3) is 5.91 Å². The van der Waals surface area contributed by atoms with E-state index in [0.717, 1.165) is 17.9 Å². The highest BCUT2D eigenvalue weighted by Crippen LogP contribution is 2.18. The number of carbonyl (C=O) groups is 1. The van der Waals surface area contributed by atoms with E-state index >= 15 is 0 Å². The molecule has 1 aromatic heterocycles. The fourth-order valence-electron chi connectivity index (χ4n) is 2.38. The summed E-state index contributed by atoms with van der Waals surface area (Å²) in [5.74, 6) is 0.744. The first kappa shape index (κ1) is 15.9.